The first-order valence-electron chi connectivity index (χ1n) is 7.19. The van der Waals surface area contributed by atoms with E-state index in [2.05, 4.69) is 13.8 Å². The SMILES string of the molecule is CC1(C)CCN(C(=O)N2CCCCC2C(=O)O)CC1. The molecule has 2 aliphatic rings. The molecular weight excluding hydrogens is 244 g/mol. The Morgan fingerprint density at radius 3 is 2.32 bits per heavy atom. The first-order chi connectivity index (χ1) is 8.91. The van der Waals surface area contributed by atoms with E-state index < -0.39 is 12.0 Å². The van der Waals surface area contributed by atoms with Crippen LogP contribution in [0.3, 0.4) is 0 Å². The number of carboxylic acids is 1. The molecule has 1 atom stereocenters. The van der Waals surface area contributed by atoms with E-state index in [4.69, 9.17) is 0 Å². The molecule has 0 aromatic rings. The van der Waals surface area contributed by atoms with Gasteiger partial charge in [-0.1, -0.05) is 13.8 Å². The molecule has 0 radical (unpaired) electrons. The van der Waals surface area contributed by atoms with Crippen LogP contribution in [0.5, 0.6) is 0 Å². The van der Waals surface area contributed by atoms with Gasteiger partial charge in [0.05, 0.1) is 0 Å². The minimum absolute atomic E-state index is 0.0809. The molecular formula is C14H24N2O3. The molecule has 5 heteroatoms. The van der Waals surface area contributed by atoms with Crippen molar-refractivity contribution in [2.45, 2.75) is 52.0 Å². The minimum Gasteiger partial charge on any atom is -0.480 e. The number of hydrogen-bond donors (Lipinski definition) is 1. The molecule has 0 aromatic carbocycles. The highest BCUT2D eigenvalue weighted by Crippen LogP contribution is 2.30. The zero-order valence-electron chi connectivity index (χ0n) is 11.9. The van der Waals surface area contributed by atoms with E-state index in [1.165, 1.54) is 0 Å². The molecule has 0 aliphatic carbocycles. The third kappa shape index (κ3) is 3.19. The Balaban J connectivity index is 2.00. The zero-order chi connectivity index (χ0) is 14.0. The third-order valence-electron chi connectivity index (χ3n) is 4.42. The largest absolute Gasteiger partial charge is 0.480 e. The summed E-state index contributed by atoms with van der Waals surface area (Å²) in [6.07, 6.45) is 4.37. The average Bonchev–Trinajstić information content (AvgIpc) is 2.38. The standard InChI is InChI=1S/C14H24N2O3/c1-14(2)6-9-15(10-7-14)13(19)16-8-4-3-5-11(16)12(17)18/h11H,3-10H2,1-2H3,(H,17,18). The first kappa shape index (κ1) is 14.2. The third-order valence-corrected chi connectivity index (χ3v) is 4.42. The highest BCUT2D eigenvalue weighted by Gasteiger charge is 2.36. The molecule has 2 rings (SSSR count). The lowest BCUT2D eigenvalue weighted by atomic mass is 9.83. The maximum Gasteiger partial charge on any atom is 0.326 e. The Morgan fingerprint density at radius 2 is 1.74 bits per heavy atom. The number of hydrogen-bond acceptors (Lipinski definition) is 2. The molecule has 0 aromatic heterocycles. The fraction of sp³-hybridized carbons (Fsp3) is 0.857. The van der Waals surface area contributed by atoms with Crippen molar-refractivity contribution >= 4 is 12.0 Å². The van der Waals surface area contributed by atoms with Crippen LogP contribution in [0.15, 0.2) is 0 Å². The van der Waals surface area contributed by atoms with Crippen molar-refractivity contribution in [1.29, 1.82) is 0 Å². The molecule has 5 nitrogen and oxygen atoms in total. The molecule has 2 aliphatic heterocycles. The number of carboxylic acid groups (broad SMARTS) is 1. The number of aliphatic carboxylic acids is 1. The van der Waals surface area contributed by atoms with Crippen molar-refractivity contribution in [2.24, 2.45) is 5.41 Å². The van der Waals surface area contributed by atoms with Gasteiger partial charge in [-0.2, -0.15) is 0 Å². The summed E-state index contributed by atoms with van der Waals surface area (Å²) in [7, 11) is 0. The molecule has 2 heterocycles. The van der Waals surface area contributed by atoms with Gasteiger partial charge in [-0.25, -0.2) is 9.59 Å². The number of urea groups is 1. The molecule has 1 N–H and O–H groups in total. The second-order valence-corrected chi connectivity index (χ2v) is 6.48. The Labute approximate surface area is 114 Å². The highest BCUT2D eigenvalue weighted by molar-refractivity contribution is 5.83. The smallest absolute Gasteiger partial charge is 0.326 e. The van der Waals surface area contributed by atoms with Gasteiger partial charge in [-0.15, -0.1) is 0 Å². The van der Waals surface area contributed by atoms with Crippen molar-refractivity contribution in [3.63, 3.8) is 0 Å². The van der Waals surface area contributed by atoms with E-state index in [0.29, 0.717) is 18.4 Å². The maximum absolute atomic E-state index is 12.5. The van der Waals surface area contributed by atoms with E-state index >= 15 is 0 Å². The lowest BCUT2D eigenvalue weighted by Gasteiger charge is -2.41. The summed E-state index contributed by atoms with van der Waals surface area (Å²) < 4.78 is 0. The van der Waals surface area contributed by atoms with Crippen LogP contribution in [0.2, 0.25) is 0 Å². The number of piperidine rings is 2. The van der Waals surface area contributed by atoms with Crippen LogP contribution in [-0.4, -0.2) is 52.6 Å². The van der Waals surface area contributed by atoms with E-state index in [9.17, 15) is 14.7 Å². The van der Waals surface area contributed by atoms with E-state index in [0.717, 1.165) is 38.8 Å². The Bertz CT molecular complexity index is 358. The van der Waals surface area contributed by atoms with Gasteiger partial charge in [0, 0.05) is 19.6 Å². The summed E-state index contributed by atoms with van der Waals surface area (Å²) >= 11 is 0. The van der Waals surface area contributed by atoms with E-state index in [1.54, 1.807) is 4.90 Å². The predicted octanol–water partition coefficient (Wildman–Crippen LogP) is 2.17. The van der Waals surface area contributed by atoms with Crippen LogP contribution in [0.25, 0.3) is 0 Å². The van der Waals surface area contributed by atoms with Gasteiger partial charge in [0.15, 0.2) is 0 Å². The Morgan fingerprint density at radius 1 is 1.11 bits per heavy atom. The van der Waals surface area contributed by atoms with Gasteiger partial charge in [-0.05, 0) is 37.5 Å². The van der Waals surface area contributed by atoms with Crippen LogP contribution in [0.4, 0.5) is 4.79 Å². The topological polar surface area (TPSA) is 60.9 Å². The summed E-state index contributed by atoms with van der Waals surface area (Å²) in [6, 6.07) is -0.709. The fourth-order valence-corrected chi connectivity index (χ4v) is 2.90. The van der Waals surface area contributed by atoms with Crippen LogP contribution in [-0.2, 0) is 4.79 Å². The van der Waals surface area contributed by atoms with Crippen molar-refractivity contribution in [1.82, 2.24) is 9.80 Å². The zero-order valence-corrected chi connectivity index (χ0v) is 11.9. The van der Waals surface area contributed by atoms with E-state index in [1.807, 2.05) is 4.90 Å². The number of nitrogens with zero attached hydrogens (tertiary/aromatic N) is 2. The van der Waals surface area contributed by atoms with Gasteiger partial charge in [0.1, 0.15) is 6.04 Å². The fourth-order valence-electron chi connectivity index (χ4n) is 2.90. The summed E-state index contributed by atoms with van der Waals surface area (Å²) in [5.74, 6) is -0.870. The Hall–Kier alpha value is -1.26. The highest BCUT2D eigenvalue weighted by atomic mass is 16.4. The molecule has 1 unspecified atom stereocenters. The molecule has 2 amide bonds. The Kier molecular flexibility index (Phi) is 4.02. The van der Waals surface area contributed by atoms with Gasteiger partial charge in [0.25, 0.3) is 0 Å². The van der Waals surface area contributed by atoms with Crippen molar-refractivity contribution in [3.05, 3.63) is 0 Å². The van der Waals surface area contributed by atoms with Crippen LogP contribution < -0.4 is 0 Å². The van der Waals surface area contributed by atoms with Crippen molar-refractivity contribution in [3.8, 4) is 0 Å². The molecule has 0 saturated carbocycles. The molecule has 0 spiro atoms. The van der Waals surface area contributed by atoms with Gasteiger partial charge in [-0.3, -0.25) is 0 Å². The van der Waals surface area contributed by atoms with Crippen molar-refractivity contribution < 1.29 is 14.7 Å². The number of carbonyl (C=O) groups is 2. The number of rotatable bonds is 1. The second-order valence-electron chi connectivity index (χ2n) is 6.48. The van der Waals surface area contributed by atoms with E-state index in [-0.39, 0.29) is 6.03 Å². The summed E-state index contributed by atoms with van der Waals surface area (Å²) in [4.78, 5) is 27.1. The monoisotopic (exact) mass is 268 g/mol. The van der Waals surface area contributed by atoms with Crippen molar-refractivity contribution in [2.75, 3.05) is 19.6 Å². The van der Waals surface area contributed by atoms with Crippen LogP contribution in [0.1, 0.15) is 46.0 Å². The lowest BCUT2D eigenvalue weighted by Crippen LogP contribution is -2.55. The molecule has 19 heavy (non-hydrogen) atoms. The molecule has 0 bridgehead atoms. The molecule has 2 saturated heterocycles. The normalized spacial score (nSPS) is 27.2. The minimum atomic E-state index is -0.870. The maximum atomic E-state index is 12.5. The number of likely N-dealkylation sites (tertiary alicyclic amines) is 2. The van der Waals surface area contributed by atoms with Gasteiger partial charge >= 0.3 is 12.0 Å². The predicted molar refractivity (Wildman–Crippen MR) is 72.0 cm³/mol. The summed E-state index contributed by atoms with van der Waals surface area (Å²) in [5.41, 5.74) is 0.297. The quantitative estimate of drug-likeness (QED) is 0.792. The number of amides is 2. The number of carbonyl (C=O) groups excluding carboxylic acids is 1. The molecule has 108 valence electrons. The summed E-state index contributed by atoms with van der Waals surface area (Å²) in [5, 5.41) is 9.23. The van der Waals surface area contributed by atoms with Crippen LogP contribution in [0, 0.1) is 5.41 Å². The second kappa shape index (κ2) is 5.39. The van der Waals surface area contributed by atoms with Gasteiger partial charge in [0.2, 0.25) is 0 Å². The van der Waals surface area contributed by atoms with Crippen LogP contribution >= 0.6 is 0 Å². The first-order valence-corrected chi connectivity index (χ1v) is 7.19. The van der Waals surface area contributed by atoms with Gasteiger partial charge < -0.3 is 14.9 Å². The lowest BCUT2D eigenvalue weighted by molar-refractivity contribution is -0.143. The summed E-state index contributed by atoms with van der Waals surface area (Å²) in [6.45, 7) is 6.50. The average molecular weight is 268 g/mol. The molecule has 2 fully saturated rings.